The molecule has 2 amide bonds. The summed E-state index contributed by atoms with van der Waals surface area (Å²) in [5.41, 5.74) is 6.86. The molecule has 0 aliphatic rings. The van der Waals surface area contributed by atoms with E-state index in [2.05, 4.69) is 29.4 Å². The number of benzene rings is 1. The van der Waals surface area contributed by atoms with E-state index in [-0.39, 0.29) is 33.2 Å². The van der Waals surface area contributed by atoms with Crippen molar-refractivity contribution in [1.29, 1.82) is 0 Å². The number of ether oxygens (including phenoxy) is 2. The number of primary amides is 1. The average molecular weight is 560 g/mol. The lowest BCUT2D eigenvalue weighted by Gasteiger charge is -2.11. The number of thiophene rings is 1. The molecule has 3 aromatic rings. The van der Waals surface area contributed by atoms with Gasteiger partial charge in [0.25, 0.3) is 5.91 Å². The third-order valence-electron chi connectivity index (χ3n) is 5.23. The van der Waals surface area contributed by atoms with Gasteiger partial charge >= 0.3 is 5.97 Å². The van der Waals surface area contributed by atoms with Gasteiger partial charge in [0.1, 0.15) is 10.8 Å². The van der Waals surface area contributed by atoms with Gasteiger partial charge in [0.2, 0.25) is 5.91 Å². The topological polar surface area (TPSA) is 138 Å². The van der Waals surface area contributed by atoms with Crippen LogP contribution in [0.25, 0.3) is 11.4 Å². The Kier molecular flexibility index (Phi) is 9.92. The molecule has 10 nitrogen and oxygen atoms in total. The molecule has 204 valence electrons. The van der Waals surface area contributed by atoms with Crippen molar-refractivity contribution in [2.45, 2.75) is 59.3 Å². The molecule has 2 heterocycles. The Morgan fingerprint density at radius 1 is 1.13 bits per heavy atom. The third-order valence-corrected chi connectivity index (χ3v) is 7.42. The SMILES string of the molecule is CCn1c(SCC(=O)Nc2sc(C(N)=O)c(C)c2C(=O)OC(C)C)nnc1-c1ccc(OCC(C)C)cc1. The smallest absolute Gasteiger partial charge is 0.341 e. The molecule has 0 aliphatic heterocycles. The molecular weight excluding hydrogens is 526 g/mol. The first kappa shape index (κ1) is 29.2. The molecule has 0 unspecified atom stereocenters. The van der Waals surface area contributed by atoms with Crippen LogP contribution >= 0.6 is 23.1 Å². The van der Waals surface area contributed by atoms with Crippen molar-refractivity contribution in [3.63, 3.8) is 0 Å². The number of anilines is 1. The first-order valence-electron chi connectivity index (χ1n) is 12.2. The lowest BCUT2D eigenvalue weighted by atomic mass is 10.1. The fourth-order valence-electron chi connectivity index (χ4n) is 3.51. The standard InChI is InChI=1S/C26H33N5O5S2/c1-7-31-23(17-8-10-18(11-9-17)35-12-14(2)3)29-30-26(31)37-13-19(32)28-24-20(25(34)36-15(4)5)16(6)21(38-24)22(27)33/h8-11,14-15H,7,12-13H2,1-6H3,(H2,27,33)(H,28,32). The van der Waals surface area contributed by atoms with E-state index in [9.17, 15) is 14.4 Å². The second kappa shape index (κ2) is 12.9. The highest BCUT2D eigenvalue weighted by Crippen LogP contribution is 2.34. The number of carbonyl (C=O) groups excluding carboxylic acids is 3. The number of amides is 2. The number of carbonyl (C=O) groups is 3. The maximum absolute atomic E-state index is 12.8. The van der Waals surface area contributed by atoms with Gasteiger partial charge in [0, 0.05) is 12.1 Å². The minimum atomic E-state index is -0.677. The second-order valence-electron chi connectivity index (χ2n) is 9.20. The van der Waals surface area contributed by atoms with E-state index in [0.29, 0.717) is 35.6 Å². The number of nitrogens with one attached hydrogen (secondary N) is 1. The Hall–Kier alpha value is -3.38. The summed E-state index contributed by atoms with van der Waals surface area (Å²) in [5.74, 6) is 0.251. The summed E-state index contributed by atoms with van der Waals surface area (Å²) in [4.78, 5) is 37.5. The van der Waals surface area contributed by atoms with Crippen LogP contribution in [0.2, 0.25) is 0 Å². The number of nitrogens with two attached hydrogens (primary N) is 1. The van der Waals surface area contributed by atoms with Crippen molar-refractivity contribution in [3.05, 3.63) is 40.3 Å². The molecule has 3 rings (SSSR count). The highest BCUT2D eigenvalue weighted by atomic mass is 32.2. The van der Waals surface area contributed by atoms with E-state index in [0.717, 1.165) is 22.6 Å². The fourth-order valence-corrected chi connectivity index (χ4v) is 5.37. The molecule has 0 bridgehead atoms. The molecule has 0 spiro atoms. The lowest BCUT2D eigenvalue weighted by Crippen LogP contribution is -2.18. The van der Waals surface area contributed by atoms with Crippen LogP contribution in [0, 0.1) is 12.8 Å². The van der Waals surface area contributed by atoms with Crippen LogP contribution in [-0.2, 0) is 16.1 Å². The Labute approximate surface area is 230 Å². The van der Waals surface area contributed by atoms with Crippen LogP contribution < -0.4 is 15.8 Å². The second-order valence-corrected chi connectivity index (χ2v) is 11.2. The number of hydrogen-bond donors (Lipinski definition) is 2. The van der Waals surface area contributed by atoms with E-state index in [1.54, 1.807) is 20.8 Å². The van der Waals surface area contributed by atoms with E-state index < -0.39 is 11.9 Å². The van der Waals surface area contributed by atoms with E-state index in [1.165, 1.54) is 11.8 Å². The monoisotopic (exact) mass is 559 g/mol. The summed E-state index contributed by atoms with van der Waals surface area (Å²) in [6.07, 6.45) is -0.365. The van der Waals surface area contributed by atoms with Crippen LogP contribution in [0.4, 0.5) is 5.00 Å². The number of rotatable bonds is 12. The molecule has 0 saturated carbocycles. The molecule has 0 saturated heterocycles. The molecule has 0 fully saturated rings. The first-order valence-corrected chi connectivity index (χ1v) is 14.0. The summed E-state index contributed by atoms with van der Waals surface area (Å²) in [7, 11) is 0. The molecule has 3 N–H and O–H groups in total. The van der Waals surface area contributed by atoms with Crippen LogP contribution in [0.1, 0.15) is 60.2 Å². The minimum absolute atomic E-state index is 0.0155. The number of thioether (sulfide) groups is 1. The molecular formula is C26H33N5O5S2. The number of nitrogens with zero attached hydrogens (tertiary/aromatic N) is 3. The van der Waals surface area contributed by atoms with E-state index in [4.69, 9.17) is 15.2 Å². The van der Waals surface area contributed by atoms with Crippen molar-refractivity contribution in [2.75, 3.05) is 17.7 Å². The minimum Gasteiger partial charge on any atom is -0.493 e. The van der Waals surface area contributed by atoms with Gasteiger partial charge in [0.15, 0.2) is 11.0 Å². The summed E-state index contributed by atoms with van der Waals surface area (Å²) >= 11 is 2.18. The zero-order valence-corrected chi connectivity index (χ0v) is 24.0. The normalized spacial score (nSPS) is 11.2. The number of hydrogen-bond acceptors (Lipinski definition) is 9. The van der Waals surface area contributed by atoms with Crippen LogP contribution in [-0.4, -0.2) is 51.0 Å². The molecule has 0 aliphatic carbocycles. The maximum atomic E-state index is 12.8. The van der Waals surface area contributed by atoms with Crippen molar-refractivity contribution >= 4 is 45.9 Å². The van der Waals surface area contributed by atoms with Gasteiger partial charge in [-0.25, -0.2) is 4.79 Å². The van der Waals surface area contributed by atoms with Crippen molar-refractivity contribution < 1.29 is 23.9 Å². The van der Waals surface area contributed by atoms with Gasteiger partial charge in [-0.3, -0.25) is 9.59 Å². The summed E-state index contributed by atoms with van der Waals surface area (Å²) in [5, 5.41) is 12.1. The Bertz CT molecular complexity index is 1300. The van der Waals surface area contributed by atoms with Crippen molar-refractivity contribution in [3.8, 4) is 17.1 Å². The maximum Gasteiger partial charge on any atom is 0.341 e. The zero-order chi connectivity index (χ0) is 28.0. The van der Waals surface area contributed by atoms with Crippen LogP contribution in [0.5, 0.6) is 5.75 Å². The zero-order valence-electron chi connectivity index (χ0n) is 22.4. The molecule has 0 atom stereocenters. The van der Waals surface area contributed by atoms with Gasteiger partial charge in [-0.05, 0) is 63.4 Å². The molecule has 12 heteroatoms. The van der Waals surface area contributed by atoms with Gasteiger partial charge in [0.05, 0.1) is 28.9 Å². The molecule has 0 radical (unpaired) electrons. The number of esters is 1. The molecule has 2 aromatic heterocycles. The predicted octanol–water partition coefficient (Wildman–Crippen LogP) is 4.76. The van der Waals surface area contributed by atoms with Gasteiger partial charge < -0.3 is 25.1 Å². The first-order chi connectivity index (χ1) is 18.0. The van der Waals surface area contributed by atoms with E-state index >= 15 is 0 Å². The largest absolute Gasteiger partial charge is 0.493 e. The Balaban J connectivity index is 1.72. The summed E-state index contributed by atoms with van der Waals surface area (Å²) in [6, 6.07) is 7.66. The molecule has 38 heavy (non-hydrogen) atoms. The summed E-state index contributed by atoms with van der Waals surface area (Å²) in [6.45, 7) is 12.5. The number of aromatic nitrogens is 3. The van der Waals surface area contributed by atoms with Crippen molar-refractivity contribution in [1.82, 2.24) is 14.8 Å². The highest BCUT2D eigenvalue weighted by Gasteiger charge is 2.26. The Morgan fingerprint density at radius 3 is 2.39 bits per heavy atom. The average Bonchev–Trinajstić information content (AvgIpc) is 3.41. The predicted molar refractivity (Wildman–Crippen MR) is 149 cm³/mol. The van der Waals surface area contributed by atoms with Crippen LogP contribution in [0.15, 0.2) is 29.4 Å². The lowest BCUT2D eigenvalue weighted by molar-refractivity contribution is -0.113. The van der Waals surface area contributed by atoms with Gasteiger partial charge in [-0.2, -0.15) is 0 Å². The third kappa shape index (κ3) is 7.13. The van der Waals surface area contributed by atoms with Gasteiger partial charge in [-0.15, -0.1) is 21.5 Å². The fraction of sp³-hybridized carbons (Fsp3) is 0.423. The van der Waals surface area contributed by atoms with Gasteiger partial charge in [-0.1, -0.05) is 25.6 Å². The van der Waals surface area contributed by atoms with E-state index in [1.807, 2.05) is 35.8 Å². The van der Waals surface area contributed by atoms with Crippen LogP contribution in [0.3, 0.4) is 0 Å². The molecule has 1 aromatic carbocycles. The van der Waals surface area contributed by atoms with Crippen molar-refractivity contribution in [2.24, 2.45) is 11.7 Å². The quantitative estimate of drug-likeness (QED) is 0.239. The Morgan fingerprint density at radius 2 is 1.82 bits per heavy atom. The highest BCUT2D eigenvalue weighted by molar-refractivity contribution is 7.99. The summed E-state index contributed by atoms with van der Waals surface area (Å²) < 4.78 is 13.0.